The summed E-state index contributed by atoms with van der Waals surface area (Å²) in [6, 6.07) is 8.06. The molecule has 158 valence electrons. The number of sulfone groups is 1. The van der Waals surface area contributed by atoms with Crippen molar-refractivity contribution >= 4 is 49.5 Å². The molecule has 30 heavy (non-hydrogen) atoms. The van der Waals surface area contributed by atoms with Gasteiger partial charge in [0.05, 0.1) is 20.9 Å². The lowest BCUT2D eigenvalue weighted by molar-refractivity contribution is 0.509. The van der Waals surface area contributed by atoms with Crippen molar-refractivity contribution in [1.29, 1.82) is 0 Å². The smallest absolute Gasteiger partial charge is 0.185 e. The second-order valence-corrected chi connectivity index (χ2v) is 10.8. The van der Waals surface area contributed by atoms with Crippen LogP contribution in [0.4, 0.5) is 13.9 Å². The molecule has 4 nitrogen and oxygen atoms in total. The minimum atomic E-state index is -3.57. The standard InChI is InChI=1S/C20H16Cl2F2N2O2S2/c21-13-2-4-19(15(22)10-13)30(27,28)14-5-7-26(8-6-14)20-25-18(11-29-20)12-1-3-16(23)17(24)9-12/h1-4,9-11,14H,5-8H2. The first-order chi connectivity index (χ1) is 14.3. The van der Waals surface area contributed by atoms with Gasteiger partial charge in [-0.05, 0) is 49.2 Å². The lowest BCUT2D eigenvalue weighted by atomic mass is 10.1. The number of thiazole rings is 1. The number of halogens is 4. The Morgan fingerprint density at radius 3 is 2.43 bits per heavy atom. The van der Waals surface area contributed by atoms with Crippen LogP contribution >= 0.6 is 34.5 Å². The summed E-state index contributed by atoms with van der Waals surface area (Å²) in [5.41, 5.74) is 1.04. The van der Waals surface area contributed by atoms with Gasteiger partial charge in [-0.3, -0.25) is 0 Å². The Hall–Kier alpha value is -1.74. The van der Waals surface area contributed by atoms with Gasteiger partial charge in [0.1, 0.15) is 0 Å². The van der Waals surface area contributed by atoms with Crippen LogP contribution in [-0.4, -0.2) is 31.7 Å². The molecule has 0 spiro atoms. The molecule has 0 amide bonds. The van der Waals surface area contributed by atoms with Crippen molar-refractivity contribution in [2.75, 3.05) is 18.0 Å². The van der Waals surface area contributed by atoms with Gasteiger partial charge in [-0.25, -0.2) is 22.2 Å². The molecule has 1 fully saturated rings. The molecule has 10 heteroatoms. The molecule has 0 atom stereocenters. The van der Waals surface area contributed by atoms with Gasteiger partial charge in [-0.15, -0.1) is 11.3 Å². The number of rotatable bonds is 4. The van der Waals surface area contributed by atoms with E-state index in [1.165, 1.54) is 35.6 Å². The third kappa shape index (κ3) is 4.19. The maximum atomic E-state index is 13.5. The fourth-order valence-electron chi connectivity index (χ4n) is 3.44. The van der Waals surface area contributed by atoms with Crippen molar-refractivity contribution in [3.8, 4) is 11.3 Å². The summed E-state index contributed by atoms with van der Waals surface area (Å²) in [6.45, 7) is 1.03. The van der Waals surface area contributed by atoms with Crippen molar-refractivity contribution in [2.24, 2.45) is 0 Å². The largest absolute Gasteiger partial charge is 0.348 e. The van der Waals surface area contributed by atoms with Crippen LogP contribution in [0.25, 0.3) is 11.3 Å². The lowest BCUT2D eigenvalue weighted by Gasteiger charge is -2.31. The van der Waals surface area contributed by atoms with Crippen LogP contribution in [0.15, 0.2) is 46.7 Å². The maximum absolute atomic E-state index is 13.5. The first kappa shape index (κ1) is 21.5. The highest BCUT2D eigenvalue weighted by atomic mass is 35.5. The fraction of sp³-hybridized carbons (Fsp3) is 0.250. The Balaban J connectivity index is 1.47. The van der Waals surface area contributed by atoms with Crippen molar-refractivity contribution in [3.63, 3.8) is 0 Å². The number of hydrogen-bond donors (Lipinski definition) is 0. The van der Waals surface area contributed by atoms with E-state index in [0.717, 1.165) is 17.3 Å². The van der Waals surface area contributed by atoms with Crippen LogP contribution in [0.1, 0.15) is 12.8 Å². The number of benzene rings is 2. The molecular weight excluding hydrogens is 473 g/mol. The molecule has 0 N–H and O–H groups in total. The van der Waals surface area contributed by atoms with Gasteiger partial charge in [-0.1, -0.05) is 23.2 Å². The SMILES string of the molecule is O=S(=O)(c1ccc(Cl)cc1Cl)C1CCN(c2nc(-c3ccc(F)c(F)c3)cs2)CC1. The number of hydrogen-bond acceptors (Lipinski definition) is 5. The topological polar surface area (TPSA) is 50.3 Å². The molecule has 1 aliphatic heterocycles. The van der Waals surface area contributed by atoms with Crippen LogP contribution in [0.3, 0.4) is 0 Å². The van der Waals surface area contributed by atoms with E-state index in [2.05, 4.69) is 4.98 Å². The van der Waals surface area contributed by atoms with Crippen molar-refractivity contribution in [3.05, 3.63) is 63.5 Å². The Morgan fingerprint density at radius 1 is 1.03 bits per heavy atom. The monoisotopic (exact) mass is 488 g/mol. The van der Waals surface area contributed by atoms with E-state index >= 15 is 0 Å². The van der Waals surface area contributed by atoms with Gasteiger partial charge in [-0.2, -0.15) is 0 Å². The summed E-state index contributed by atoms with van der Waals surface area (Å²) < 4.78 is 52.6. The molecule has 0 saturated carbocycles. The quantitative estimate of drug-likeness (QED) is 0.462. The summed E-state index contributed by atoms with van der Waals surface area (Å²) in [4.78, 5) is 6.62. The van der Waals surface area contributed by atoms with Gasteiger partial charge >= 0.3 is 0 Å². The van der Waals surface area contributed by atoms with E-state index in [1.807, 2.05) is 4.90 Å². The highest BCUT2D eigenvalue weighted by Crippen LogP contribution is 2.34. The summed E-state index contributed by atoms with van der Waals surface area (Å²) in [6.07, 6.45) is 0.864. The van der Waals surface area contributed by atoms with Gasteiger partial charge in [0, 0.05) is 29.1 Å². The average Bonchev–Trinajstić information content (AvgIpc) is 3.20. The minimum absolute atomic E-state index is 0.0990. The maximum Gasteiger partial charge on any atom is 0.185 e. The second kappa shape index (κ2) is 8.42. The number of nitrogens with zero attached hydrogens (tertiary/aromatic N) is 2. The van der Waals surface area contributed by atoms with Crippen LogP contribution in [-0.2, 0) is 9.84 Å². The molecule has 1 aromatic heterocycles. The van der Waals surface area contributed by atoms with Crippen molar-refractivity contribution in [2.45, 2.75) is 23.0 Å². The fourth-order valence-corrected chi connectivity index (χ4v) is 6.84. The first-order valence-electron chi connectivity index (χ1n) is 9.10. The minimum Gasteiger partial charge on any atom is -0.348 e. The Labute approximate surface area is 187 Å². The van der Waals surface area contributed by atoms with Gasteiger partial charge in [0.2, 0.25) is 0 Å². The Morgan fingerprint density at radius 2 is 1.77 bits per heavy atom. The van der Waals surface area contributed by atoms with E-state index in [1.54, 1.807) is 5.38 Å². The third-order valence-corrected chi connectivity index (χ3v) is 8.94. The molecule has 4 rings (SSSR count). The molecule has 1 aliphatic rings. The van der Waals surface area contributed by atoms with E-state index in [9.17, 15) is 17.2 Å². The zero-order valence-electron chi connectivity index (χ0n) is 15.5. The normalized spacial score (nSPS) is 15.5. The summed E-state index contributed by atoms with van der Waals surface area (Å²) >= 11 is 13.4. The average molecular weight is 489 g/mol. The first-order valence-corrected chi connectivity index (χ1v) is 12.3. The van der Waals surface area contributed by atoms with Gasteiger partial charge < -0.3 is 4.90 Å². The molecule has 0 unspecified atom stereocenters. The van der Waals surface area contributed by atoms with Crippen LogP contribution in [0.5, 0.6) is 0 Å². The third-order valence-electron chi connectivity index (χ3n) is 5.06. The van der Waals surface area contributed by atoms with Gasteiger partial charge in [0.25, 0.3) is 0 Å². The number of aromatic nitrogens is 1. The molecule has 3 aromatic rings. The van der Waals surface area contributed by atoms with E-state index in [0.29, 0.717) is 42.2 Å². The second-order valence-electron chi connectivity index (χ2n) is 6.95. The zero-order valence-corrected chi connectivity index (χ0v) is 18.6. The van der Waals surface area contributed by atoms with Crippen LogP contribution in [0, 0.1) is 11.6 Å². The summed E-state index contributed by atoms with van der Waals surface area (Å²) in [5.74, 6) is -1.83. The highest BCUT2D eigenvalue weighted by Gasteiger charge is 2.33. The lowest BCUT2D eigenvalue weighted by Crippen LogP contribution is -2.39. The number of piperidine rings is 1. The predicted molar refractivity (Wildman–Crippen MR) is 116 cm³/mol. The molecular formula is C20H16Cl2F2N2O2S2. The summed E-state index contributed by atoms with van der Waals surface area (Å²) in [5, 5.41) is 2.46. The van der Waals surface area contributed by atoms with Crippen LogP contribution in [0.2, 0.25) is 10.0 Å². The molecule has 2 aromatic carbocycles. The van der Waals surface area contributed by atoms with E-state index < -0.39 is 26.7 Å². The predicted octanol–water partition coefficient (Wildman–Crippen LogP) is 5.84. The Kier molecular flexibility index (Phi) is 6.03. The molecule has 0 radical (unpaired) electrons. The van der Waals surface area contributed by atoms with Crippen LogP contribution < -0.4 is 4.90 Å². The molecule has 0 aliphatic carbocycles. The molecule has 0 bridgehead atoms. The van der Waals surface area contributed by atoms with E-state index in [-0.39, 0.29) is 9.92 Å². The van der Waals surface area contributed by atoms with Gasteiger partial charge in [0.15, 0.2) is 26.6 Å². The Bertz CT molecular complexity index is 1190. The van der Waals surface area contributed by atoms with E-state index in [4.69, 9.17) is 23.2 Å². The highest BCUT2D eigenvalue weighted by molar-refractivity contribution is 7.92. The summed E-state index contributed by atoms with van der Waals surface area (Å²) in [7, 11) is -3.57. The van der Waals surface area contributed by atoms with Crippen molar-refractivity contribution in [1.82, 2.24) is 4.98 Å². The molecule has 1 saturated heterocycles. The molecule has 2 heterocycles. The number of anilines is 1. The zero-order chi connectivity index (χ0) is 21.5. The van der Waals surface area contributed by atoms with Crippen molar-refractivity contribution < 1.29 is 17.2 Å².